The van der Waals surface area contributed by atoms with Crippen molar-refractivity contribution >= 4 is 11.6 Å². The molecule has 0 aromatic heterocycles. The Morgan fingerprint density at radius 2 is 2.18 bits per heavy atom. The summed E-state index contributed by atoms with van der Waals surface area (Å²) in [5.74, 6) is 0.0651. The van der Waals surface area contributed by atoms with Crippen LogP contribution in [0.4, 0.5) is 5.69 Å². The Morgan fingerprint density at radius 1 is 1.45 bits per heavy atom. The molecule has 1 heterocycles. The van der Waals surface area contributed by atoms with E-state index in [2.05, 4.69) is 37.1 Å². The van der Waals surface area contributed by atoms with Crippen LogP contribution in [0.5, 0.6) is 0 Å². The molecular formula is C18H29N3O. The summed E-state index contributed by atoms with van der Waals surface area (Å²) < 4.78 is 0. The number of para-hydroxylation sites is 1. The van der Waals surface area contributed by atoms with Crippen molar-refractivity contribution in [2.75, 3.05) is 25.0 Å². The molecule has 1 atom stereocenters. The highest BCUT2D eigenvalue weighted by molar-refractivity contribution is 5.93. The second-order valence-electron chi connectivity index (χ2n) is 7.11. The lowest BCUT2D eigenvalue weighted by Crippen LogP contribution is -2.53. The smallest absolute Gasteiger partial charge is 0.238 e. The number of likely N-dealkylation sites (tertiary alicyclic amines) is 1. The van der Waals surface area contributed by atoms with E-state index in [1.54, 1.807) is 0 Å². The van der Waals surface area contributed by atoms with Crippen LogP contribution in [-0.4, -0.2) is 36.5 Å². The van der Waals surface area contributed by atoms with E-state index in [1.807, 2.05) is 19.1 Å². The van der Waals surface area contributed by atoms with Gasteiger partial charge in [-0.3, -0.25) is 9.69 Å². The van der Waals surface area contributed by atoms with Gasteiger partial charge in [-0.05, 0) is 36.3 Å². The highest BCUT2D eigenvalue weighted by Crippen LogP contribution is 2.27. The molecule has 1 aliphatic heterocycles. The largest absolute Gasteiger partial charge is 0.327 e. The third-order valence-corrected chi connectivity index (χ3v) is 4.76. The van der Waals surface area contributed by atoms with Crippen LogP contribution >= 0.6 is 0 Å². The predicted octanol–water partition coefficient (Wildman–Crippen LogP) is 2.56. The van der Waals surface area contributed by atoms with Crippen LogP contribution in [0.15, 0.2) is 18.2 Å². The third kappa shape index (κ3) is 3.87. The van der Waals surface area contributed by atoms with Gasteiger partial charge in [-0.15, -0.1) is 0 Å². The van der Waals surface area contributed by atoms with Gasteiger partial charge >= 0.3 is 0 Å². The second kappa shape index (κ2) is 6.80. The topological polar surface area (TPSA) is 58.4 Å². The number of benzene rings is 1. The molecule has 1 aromatic rings. The highest BCUT2D eigenvalue weighted by Gasteiger charge is 2.33. The Kier molecular flexibility index (Phi) is 5.24. The molecule has 2 rings (SSSR count). The SMILES string of the molecule is CCc1cccc(C)c1NC(=O)CN1CCC(N)C(C)(C)C1. The van der Waals surface area contributed by atoms with Gasteiger partial charge in [-0.25, -0.2) is 0 Å². The maximum absolute atomic E-state index is 12.4. The first-order valence-corrected chi connectivity index (χ1v) is 8.19. The van der Waals surface area contributed by atoms with E-state index in [1.165, 1.54) is 5.56 Å². The zero-order valence-corrected chi connectivity index (χ0v) is 14.3. The molecule has 0 radical (unpaired) electrons. The molecule has 22 heavy (non-hydrogen) atoms. The minimum Gasteiger partial charge on any atom is -0.327 e. The number of hydrogen-bond donors (Lipinski definition) is 2. The highest BCUT2D eigenvalue weighted by atomic mass is 16.2. The first-order valence-electron chi connectivity index (χ1n) is 8.19. The van der Waals surface area contributed by atoms with E-state index in [0.717, 1.165) is 37.2 Å². The summed E-state index contributed by atoms with van der Waals surface area (Å²) in [5, 5.41) is 3.10. The van der Waals surface area contributed by atoms with Crippen molar-refractivity contribution < 1.29 is 4.79 Å². The zero-order valence-electron chi connectivity index (χ0n) is 14.3. The fourth-order valence-corrected chi connectivity index (χ4v) is 3.20. The van der Waals surface area contributed by atoms with Crippen LogP contribution < -0.4 is 11.1 Å². The summed E-state index contributed by atoms with van der Waals surface area (Å²) >= 11 is 0. The van der Waals surface area contributed by atoms with Crippen molar-refractivity contribution in [3.05, 3.63) is 29.3 Å². The number of amides is 1. The number of nitrogens with two attached hydrogens (primary N) is 1. The minimum atomic E-state index is 0.0651. The first-order chi connectivity index (χ1) is 10.3. The lowest BCUT2D eigenvalue weighted by Gasteiger charge is -2.42. The molecule has 1 fully saturated rings. The van der Waals surface area contributed by atoms with Crippen LogP contribution in [-0.2, 0) is 11.2 Å². The lowest BCUT2D eigenvalue weighted by atomic mass is 9.80. The van der Waals surface area contributed by atoms with Crippen molar-refractivity contribution in [3.8, 4) is 0 Å². The molecule has 3 N–H and O–H groups in total. The normalized spacial score (nSPS) is 21.6. The van der Waals surface area contributed by atoms with E-state index in [9.17, 15) is 4.79 Å². The molecule has 4 nitrogen and oxygen atoms in total. The molecule has 1 amide bonds. The molecule has 0 bridgehead atoms. The number of nitrogens with zero attached hydrogens (tertiary/aromatic N) is 1. The van der Waals surface area contributed by atoms with Gasteiger partial charge in [0, 0.05) is 24.8 Å². The summed E-state index contributed by atoms with van der Waals surface area (Å²) in [6.45, 7) is 10.7. The van der Waals surface area contributed by atoms with E-state index in [4.69, 9.17) is 5.73 Å². The van der Waals surface area contributed by atoms with Gasteiger partial charge in [0.25, 0.3) is 0 Å². The van der Waals surface area contributed by atoms with Gasteiger partial charge in [0.2, 0.25) is 5.91 Å². The molecule has 122 valence electrons. The van der Waals surface area contributed by atoms with Crippen molar-refractivity contribution in [1.82, 2.24) is 4.90 Å². The van der Waals surface area contributed by atoms with E-state index >= 15 is 0 Å². The Hall–Kier alpha value is -1.39. The number of carbonyl (C=O) groups is 1. The van der Waals surface area contributed by atoms with Crippen LogP contribution in [0.1, 0.15) is 38.3 Å². The average molecular weight is 303 g/mol. The number of hydrogen-bond acceptors (Lipinski definition) is 3. The van der Waals surface area contributed by atoms with Crippen LogP contribution in [0.25, 0.3) is 0 Å². The number of aryl methyl sites for hydroxylation is 2. The molecule has 0 saturated carbocycles. The standard InChI is InChI=1S/C18H29N3O/c1-5-14-8-6-7-13(2)17(14)20-16(22)11-21-10-9-15(19)18(3,4)12-21/h6-8,15H,5,9-12,19H2,1-4H3,(H,20,22). The van der Waals surface area contributed by atoms with Crippen molar-refractivity contribution in [1.29, 1.82) is 0 Å². The number of rotatable bonds is 4. The third-order valence-electron chi connectivity index (χ3n) is 4.76. The quantitative estimate of drug-likeness (QED) is 0.899. The van der Waals surface area contributed by atoms with Gasteiger partial charge in [0.1, 0.15) is 0 Å². The number of piperidine rings is 1. The number of anilines is 1. The Bertz CT molecular complexity index is 539. The monoisotopic (exact) mass is 303 g/mol. The van der Waals surface area contributed by atoms with Gasteiger partial charge in [-0.2, -0.15) is 0 Å². The first kappa shape index (κ1) is 17.0. The molecule has 4 heteroatoms. The van der Waals surface area contributed by atoms with Gasteiger partial charge < -0.3 is 11.1 Å². The van der Waals surface area contributed by atoms with Crippen molar-refractivity contribution in [2.24, 2.45) is 11.1 Å². The van der Waals surface area contributed by atoms with Gasteiger partial charge in [0.15, 0.2) is 0 Å². The maximum atomic E-state index is 12.4. The molecule has 1 aliphatic rings. The molecule has 1 aromatic carbocycles. The Labute approximate surface area is 134 Å². The maximum Gasteiger partial charge on any atom is 0.238 e. The molecule has 1 unspecified atom stereocenters. The summed E-state index contributed by atoms with van der Waals surface area (Å²) in [6, 6.07) is 6.37. The molecular weight excluding hydrogens is 274 g/mol. The van der Waals surface area contributed by atoms with Crippen LogP contribution in [0.3, 0.4) is 0 Å². The Morgan fingerprint density at radius 3 is 2.82 bits per heavy atom. The zero-order chi connectivity index (χ0) is 16.3. The van der Waals surface area contributed by atoms with Crippen molar-refractivity contribution in [3.63, 3.8) is 0 Å². The summed E-state index contributed by atoms with van der Waals surface area (Å²) in [6.07, 6.45) is 1.87. The fourth-order valence-electron chi connectivity index (χ4n) is 3.20. The molecule has 0 aliphatic carbocycles. The number of nitrogens with one attached hydrogen (secondary N) is 1. The second-order valence-corrected chi connectivity index (χ2v) is 7.11. The van der Waals surface area contributed by atoms with E-state index < -0.39 is 0 Å². The van der Waals surface area contributed by atoms with Crippen LogP contribution in [0, 0.1) is 12.3 Å². The minimum absolute atomic E-state index is 0.0651. The van der Waals surface area contributed by atoms with Crippen LogP contribution in [0.2, 0.25) is 0 Å². The molecule has 1 saturated heterocycles. The average Bonchev–Trinajstić information content (AvgIpc) is 2.44. The fraction of sp³-hybridized carbons (Fsp3) is 0.611. The van der Waals surface area contributed by atoms with E-state index in [-0.39, 0.29) is 17.4 Å². The summed E-state index contributed by atoms with van der Waals surface area (Å²) in [7, 11) is 0. The molecule has 0 spiro atoms. The Balaban J connectivity index is 2.00. The van der Waals surface area contributed by atoms with E-state index in [0.29, 0.717) is 6.54 Å². The summed E-state index contributed by atoms with van der Waals surface area (Å²) in [5.41, 5.74) is 9.51. The van der Waals surface area contributed by atoms with Gasteiger partial charge in [-0.1, -0.05) is 39.0 Å². The predicted molar refractivity (Wildman–Crippen MR) is 92.0 cm³/mol. The lowest BCUT2D eigenvalue weighted by molar-refractivity contribution is -0.118. The van der Waals surface area contributed by atoms with Gasteiger partial charge in [0.05, 0.1) is 6.54 Å². The van der Waals surface area contributed by atoms with Crippen molar-refractivity contribution in [2.45, 2.75) is 46.6 Å². The summed E-state index contributed by atoms with van der Waals surface area (Å²) in [4.78, 5) is 14.6. The number of carbonyl (C=O) groups excluding carboxylic acids is 1.